The number of hydrogen-bond donors (Lipinski definition) is 2. The summed E-state index contributed by atoms with van der Waals surface area (Å²) in [5, 5.41) is 1.13. The van der Waals surface area contributed by atoms with Gasteiger partial charge in [-0.1, -0.05) is 28.1 Å². The second-order valence-electron chi connectivity index (χ2n) is 5.27. The number of hydrogen-bond acceptors (Lipinski definition) is 2. The summed E-state index contributed by atoms with van der Waals surface area (Å²) in [7, 11) is 1.67. The standard InChI is InChI=1S/C18H14BrN3O/c1-23-13-4-2-3-11(7-13)17-10-21-18(22-17)15-9-20-16-6-5-12(19)8-14(15)16/h2-10,20H,1H3,(H,21,22). The molecule has 0 saturated heterocycles. The van der Waals surface area contributed by atoms with Gasteiger partial charge in [0.05, 0.1) is 19.0 Å². The zero-order valence-electron chi connectivity index (χ0n) is 12.4. The predicted octanol–water partition coefficient (Wildman–Crippen LogP) is 5.00. The minimum atomic E-state index is 0.828. The number of aromatic nitrogens is 3. The molecule has 114 valence electrons. The van der Waals surface area contributed by atoms with E-state index in [0.29, 0.717) is 0 Å². The maximum absolute atomic E-state index is 5.28. The lowest BCUT2D eigenvalue weighted by molar-refractivity contribution is 0.415. The van der Waals surface area contributed by atoms with Gasteiger partial charge < -0.3 is 14.7 Å². The number of H-pyrrole nitrogens is 2. The first-order chi connectivity index (χ1) is 11.2. The molecule has 0 unspecified atom stereocenters. The highest BCUT2D eigenvalue weighted by Crippen LogP contribution is 2.31. The minimum absolute atomic E-state index is 0.828. The number of nitrogens with one attached hydrogen (secondary N) is 2. The highest BCUT2D eigenvalue weighted by atomic mass is 79.9. The summed E-state index contributed by atoms with van der Waals surface area (Å²) in [5.41, 5.74) is 4.14. The molecule has 4 nitrogen and oxygen atoms in total. The van der Waals surface area contributed by atoms with Gasteiger partial charge in [0.25, 0.3) is 0 Å². The number of aromatic amines is 2. The number of nitrogens with zero attached hydrogens (tertiary/aromatic N) is 1. The van der Waals surface area contributed by atoms with E-state index in [9.17, 15) is 0 Å². The Morgan fingerprint density at radius 1 is 1.13 bits per heavy atom. The van der Waals surface area contributed by atoms with E-state index < -0.39 is 0 Å². The first kappa shape index (κ1) is 14.1. The lowest BCUT2D eigenvalue weighted by Crippen LogP contribution is -1.84. The lowest BCUT2D eigenvalue weighted by atomic mass is 10.1. The van der Waals surface area contributed by atoms with Crippen molar-refractivity contribution < 1.29 is 4.74 Å². The number of benzene rings is 2. The van der Waals surface area contributed by atoms with Crippen molar-refractivity contribution in [2.75, 3.05) is 7.11 Å². The van der Waals surface area contributed by atoms with E-state index in [2.05, 4.69) is 43.0 Å². The number of rotatable bonds is 3. The van der Waals surface area contributed by atoms with Crippen LogP contribution in [-0.2, 0) is 0 Å². The molecule has 0 bridgehead atoms. The summed E-state index contributed by atoms with van der Waals surface area (Å²) in [6, 6.07) is 14.1. The third kappa shape index (κ3) is 2.53. The van der Waals surface area contributed by atoms with Crippen LogP contribution in [0.15, 0.2) is 59.3 Å². The molecular weight excluding hydrogens is 354 g/mol. The van der Waals surface area contributed by atoms with Crippen LogP contribution in [0.5, 0.6) is 5.75 Å². The van der Waals surface area contributed by atoms with Crippen LogP contribution in [-0.4, -0.2) is 22.1 Å². The maximum Gasteiger partial charge on any atom is 0.139 e. The van der Waals surface area contributed by atoms with E-state index in [1.807, 2.05) is 42.7 Å². The Bertz CT molecular complexity index is 987. The van der Waals surface area contributed by atoms with E-state index >= 15 is 0 Å². The highest BCUT2D eigenvalue weighted by Gasteiger charge is 2.11. The molecule has 2 aromatic heterocycles. The van der Waals surface area contributed by atoms with Crippen LogP contribution in [0.1, 0.15) is 0 Å². The molecule has 0 spiro atoms. The molecule has 0 atom stereocenters. The van der Waals surface area contributed by atoms with Crippen molar-refractivity contribution in [1.82, 2.24) is 15.0 Å². The molecule has 0 radical (unpaired) electrons. The summed E-state index contributed by atoms with van der Waals surface area (Å²) < 4.78 is 6.33. The summed E-state index contributed by atoms with van der Waals surface area (Å²) in [6.07, 6.45) is 3.83. The number of ether oxygens (including phenoxy) is 1. The van der Waals surface area contributed by atoms with Crippen molar-refractivity contribution in [2.45, 2.75) is 0 Å². The fourth-order valence-corrected chi connectivity index (χ4v) is 3.05. The molecule has 4 rings (SSSR count). The molecule has 2 heterocycles. The topological polar surface area (TPSA) is 53.7 Å². The van der Waals surface area contributed by atoms with Crippen molar-refractivity contribution in [3.05, 3.63) is 59.3 Å². The molecular formula is C18H14BrN3O. The number of imidazole rings is 1. The van der Waals surface area contributed by atoms with Crippen LogP contribution in [0.3, 0.4) is 0 Å². The van der Waals surface area contributed by atoms with Crippen molar-refractivity contribution in [1.29, 1.82) is 0 Å². The molecule has 5 heteroatoms. The normalized spacial score (nSPS) is 11.0. The molecule has 0 amide bonds. The Morgan fingerprint density at radius 2 is 2.04 bits per heavy atom. The molecule has 0 aliphatic carbocycles. The van der Waals surface area contributed by atoms with Crippen LogP contribution in [0.4, 0.5) is 0 Å². The highest BCUT2D eigenvalue weighted by molar-refractivity contribution is 9.10. The van der Waals surface area contributed by atoms with Crippen molar-refractivity contribution in [2.24, 2.45) is 0 Å². The van der Waals surface area contributed by atoms with E-state index in [1.165, 1.54) is 0 Å². The fraction of sp³-hybridized carbons (Fsp3) is 0.0556. The minimum Gasteiger partial charge on any atom is -0.497 e. The van der Waals surface area contributed by atoms with Gasteiger partial charge in [0.15, 0.2) is 0 Å². The Morgan fingerprint density at radius 3 is 2.91 bits per heavy atom. The van der Waals surface area contributed by atoms with Crippen LogP contribution in [0.2, 0.25) is 0 Å². The Labute approximate surface area is 141 Å². The fourth-order valence-electron chi connectivity index (χ4n) is 2.68. The molecule has 0 aliphatic heterocycles. The predicted molar refractivity (Wildman–Crippen MR) is 95.6 cm³/mol. The van der Waals surface area contributed by atoms with Crippen LogP contribution >= 0.6 is 15.9 Å². The summed E-state index contributed by atoms with van der Waals surface area (Å²) >= 11 is 3.52. The van der Waals surface area contributed by atoms with Gasteiger partial charge in [0, 0.05) is 32.7 Å². The summed E-state index contributed by atoms with van der Waals surface area (Å²) in [4.78, 5) is 11.2. The van der Waals surface area contributed by atoms with Gasteiger partial charge in [-0.25, -0.2) is 4.98 Å². The third-order valence-corrected chi connectivity index (χ3v) is 4.35. The third-order valence-electron chi connectivity index (χ3n) is 3.86. The Balaban J connectivity index is 1.78. The van der Waals surface area contributed by atoms with Gasteiger partial charge in [0.2, 0.25) is 0 Å². The van der Waals surface area contributed by atoms with Gasteiger partial charge in [-0.2, -0.15) is 0 Å². The Kier molecular flexibility index (Phi) is 3.42. The summed E-state index contributed by atoms with van der Waals surface area (Å²) in [6.45, 7) is 0. The van der Waals surface area contributed by atoms with E-state index in [0.717, 1.165) is 43.8 Å². The van der Waals surface area contributed by atoms with Crippen molar-refractivity contribution in [3.63, 3.8) is 0 Å². The average molecular weight is 368 g/mol. The molecule has 23 heavy (non-hydrogen) atoms. The van der Waals surface area contributed by atoms with Gasteiger partial charge in [-0.15, -0.1) is 0 Å². The quantitative estimate of drug-likeness (QED) is 0.535. The monoisotopic (exact) mass is 367 g/mol. The van der Waals surface area contributed by atoms with E-state index in [4.69, 9.17) is 4.74 Å². The van der Waals surface area contributed by atoms with Gasteiger partial charge in [0.1, 0.15) is 11.6 Å². The molecule has 0 aliphatic rings. The first-order valence-corrected chi connectivity index (χ1v) is 8.00. The van der Waals surface area contributed by atoms with Crippen LogP contribution < -0.4 is 4.74 Å². The van der Waals surface area contributed by atoms with Crippen LogP contribution in [0.25, 0.3) is 33.5 Å². The van der Waals surface area contributed by atoms with Crippen molar-refractivity contribution >= 4 is 26.8 Å². The van der Waals surface area contributed by atoms with E-state index in [1.54, 1.807) is 7.11 Å². The zero-order valence-corrected chi connectivity index (χ0v) is 14.0. The summed E-state index contributed by atoms with van der Waals surface area (Å²) in [5.74, 6) is 1.67. The zero-order chi connectivity index (χ0) is 15.8. The average Bonchev–Trinajstić information content (AvgIpc) is 3.21. The van der Waals surface area contributed by atoms with Gasteiger partial charge in [-0.05, 0) is 30.3 Å². The molecule has 2 aromatic carbocycles. The number of methoxy groups -OCH3 is 1. The van der Waals surface area contributed by atoms with Crippen molar-refractivity contribution in [3.8, 4) is 28.4 Å². The second kappa shape index (κ2) is 5.59. The molecule has 4 aromatic rings. The number of halogens is 1. The molecule has 2 N–H and O–H groups in total. The SMILES string of the molecule is COc1cccc(-c2cnc(-c3c[nH]c4ccc(Br)cc34)[nH]2)c1. The van der Waals surface area contributed by atoms with Gasteiger partial charge in [-0.3, -0.25) is 0 Å². The number of fused-ring (bicyclic) bond motifs is 1. The molecule has 0 saturated carbocycles. The maximum atomic E-state index is 5.28. The largest absolute Gasteiger partial charge is 0.497 e. The first-order valence-electron chi connectivity index (χ1n) is 7.21. The Hall–Kier alpha value is -2.53. The van der Waals surface area contributed by atoms with Gasteiger partial charge >= 0.3 is 0 Å². The van der Waals surface area contributed by atoms with Crippen LogP contribution in [0, 0.1) is 0 Å². The second-order valence-corrected chi connectivity index (χ2v) is 6.19. The van der Waals surface area contributed by atoms with E-state index in [-0.39, 0.29) is 0 Å². The molecule has 0 fully saturated rings. The lowest BCUT2D eigenvalue weighted by Gasteiger charge is -2.02. The smallest absolute Gasteiger partial charge is 0.139 e.